The van der Waals surface area contributed by atoms with Crippen LogP contribution in [-0.2, 0) is 16.0 Å². The predicted octanol–water partition coefficient (Wildman–Crippen LogP) is 4.51. The summed E-state index contributed by atoms with van der Waals surface area (Å²) in [4.78, 5) is 31.4. The molecular formula is C24H19BrN2O3. The lowest BCUT2D eigenvalue weighted by atomic mass is 9.95. The zero-order chi connectivity index (χ0) is 21.1. The van der Waals surface area contributed by atoms with E-state index in [1.807, 2.05) is 54.6 Å². The lowest BCUT2D eigenvalue weighted by Crippen LogP contribution is -2.31. The first kappa shape index (κ1) is 20.0. The number of pyridine rings is 1. The Morgan fingerprint density at radius 1 is 0.967 bits per heavy atom. The molecule has 1 atom stereocenters. The number of hydrogen-bond acceptors (Lipinski definition) is 4. The quantitative estimate of drug-likeness (QED) is 0.344. The maximum atomic E-state index is 13.0. The topological polar surface area (TPSA) is 70.5 Å². The minimum Gasteiger partial charge on any atom is -0.507 e. The van der Waals surface area contributed by atoms with Crippen LogP contribution in [0.15, 0.2) is 89.2 Å². The predicted molar refractivity (Wildman–Crippen MR) is 118 cm³/mol. The van der Waals surface area contributed by atoms with Gasteiger partial charge in [0.15, 0.2) is 0 Å². The van der Waals surface area contributed by atoms with Gasteiger partial charge in [0.05, 0.1) is 11.6 Å². The first-order valence-electron chi connectivity index (χ1n) is 9.54. The van der Waals surface area contributed by atoms with Crippen LogP contribution in [0.3, 0.4) is 0 Å². The molecule has 3 aromatic rings. The molecule has 0 saturated carbocycles. The summed E-state index contributed by atoms with van der Waals surface area (Å²) in [6.07, 6.45) is 3.68. The normalized spacial score (nSPS) is 18.0. The highest BCUT2D eigenvalue weighted by atomic mass is 79.9. The molecule has 1 unspecified atom stereocenters. The summed E-state index contributed by atoms with van der Waals surface area (Å²) in [7, 11) is 0. The average molecular weight is 463 g/mol. The van der Waals surface area contributed by atoms with E-state index in [4.69, 9.17) is 0 Å². The van der Waals surface area contributed by atoms with Crippen molar-refractivity contribution in [3.05, 3.63) is 106 Å². The number of aliphatic hydroxyl groups excluding tert-OH is 1. The molecule has 1 aliphatic heterocycles. The molecule has 1 fully saturated rings. The summed E-state index contributed by atoms with van der Waals surface area (Å²) in [6, 6.07) is 19.8. The van der Waals surface area contributed by atoms with E-state index >= 15 is 0 Å². The van der Waals surface area contributed by atoms with E-state index in [9.17, 15) is 14.7 Å². The van der Waals surface area contributed by atoms with Crippen LogP contribution in [0.5, 0.6) is 0 Å². The third-order valence-electron chi connectivity index (χ3n) is 5.16. The minimum absolute atomic E-state index is 0.0987. The molecule has 2 aromatic carbocycles. The number of Topliss-reactive ketones (excluding diaryl/α,β-unsaturated/α-hetero) is 1. The zero-order valence-corrected chi connectivity index (χ0v) is 17.6. The molecule has 4 rings (SSSR count). The smallest absolute Gasteiger partial charge is 0.295 e. The van der Waals surface area contributed by atoms with Crippen molar-refractivity contribution in [1.29, 1.82) is 0 Å². The Labute approximate surface area is 182 Å². The summed E-state index contributed by atoms with van der Waals surface area (Å²) in [6.45, 7) is 0.364. The van der Waals surface area contributed by atoms with E-state index in [0.29, 0.717) is 18.5 Å². The van der Waals surface area contributed by atoms with Crippen molar-refractivity contribution >= 4 is 33.4 Å². The SMILES string of the molecule is O=C1C(=O)N(CCc2ccccc2)C(c2ccc(Br)cc2)/C1=C(\O)c1ccncc1. The summed E-state index contributed by atoms with van der Waals surface area (Å²) < 4.78 is 0.890. The van der Waals surface area contributed by atoms with E-state index < -0.39 is 17.7 Å². The van der Waals surface area contributed by atoms with Crippen molar-refractivity contribution in [3.8, 4) is 0 Å². The Morgan fingerprint density at radius 2 is 1.63 bits per heavy atom. The average Bonchev–Trinajstić information content (AvgIpc) is 3.04. The van der Waals surface area contributed by atoms with Crippen LogP contribution in [0.4, 0.5) is 0 Å². The first-order chi connectivity index (χ1) is 14.6. The number of aromatic nitrogens is 1. The molecule has 150 valence electrons. The molecule has 30 heavy (non-hydrogen) atoms. The van der Waals surface area contributed by atoms with Gasteiger partial charge in [0.25, 0.3) is 11.7 Å². The molecule has 6 heteroatoms. The first-order valence-corrected chi connectivity index (χ1v) is 10.3. The second-order valence-corrected chi connectivity index (χ2v) is 7.93. The maximum Gasteiger partial charge on any atom is 0.295 e. The van der Waals surface area contributed by atoms with Crippen LogP contribution in [0.1, 0.15) is 22.7 Å². The number of halogens is 1. The number of rotatable bonds is 5. The van der Waals surface area contributed by atoms with Crippen LogP contribution in [0.25, 0.3) is 5.76 Å². The van der Waals surface area contributed by atoms with E-state index in [0.717, 1.165) is 15.6 Å². The Morgan fingerprint density at radius 3 is 2.30 bits per heavy atom. The van der Waals surface area contributed by atoms with Crippen molar-refractivity contribution < 1.29 is 14.7 Å². The van der Waals surface area contributed by atoms with Crippen molar-refractivity contribution in [2.24, 2.45) is 0 Å². The fourth-order valence-electron chi connectivity index (χ4n) is 3.66. The molecular weight excluding hydrogens is 444 g/mol. The van der Waals surface area contributed by atoms with E-state index in [1.165, 1.54) is 12.4 Å². The number of aliphatic hydroxyl groups is 1. The molecule has 0 radical (unpaired) electrons. The van der Waals surface area contributed by atoms with Crippen LogP contribution in [0.2, 0.25) is 0 Å². The van der Waals surface area contributed by atoms with E-state index in [-0.39, 0.29) is 11.3 Å². The third-order valence-corrected chi connectivity index (χ3v) is 5.69. The highest BCUT2D eigenvalue weighted by Crippen LogP contribution is 2.39. The molecule has 1 N–H and O–H groups in total. The van der Waals surface area contributed by atoms with Gasteiger partial charge in [-0.15, -0.1) is 0 Å². The lowest BCUT2D eigenvalue weighted by molar-refractivity contribution is -0.139. The van der Waals surface area contributed by atoms with Gasteiger partial charge >= 0.3 is 0 Å². The van der Waals surface area contributed by atoms with Crippen LogP contribution in [-0.4, -0.2) is 33.2 Å². The summed E-state index contributed by atoms with van der Waals surface area (Å²) in [5.41, 5.74) is 2.39. The minimum atomic E-state index is -0.676. The summed E-state index contributed by atoms with van der Waals surface area (Å²) in [5, 5.41) is 10.9. The maximum absolute atomic E-state index is 13.0. The van der Waals surface area contributed by atoms with Crippen LogP contribution < -0.4 is 0 Å². The Kier molecular flexibility index (Phi) is 5.77. The Bertz CT molecular complexity index is 1100. The standard InChI is InChI=1S/C24H19BrN2O3/c25-19-8-6-17(7-9-19)21-20(22(28)18-10-13-26-14-11-18)23(29)24(30)27(21)15-12-16-4-2-1-3-5-16/h1-11,13-14,21,28H,12,15H2/b22-20+. The zero-order valence-electron chi connectivity index (χ0n) is 16.0. The molecule has 1 amide bonds. The summed E-state index contributed by atoms with van der Waals surface area (Å²) in [5.74, 6) is -1.47. The molecule has 1 saturated heterocycles. The number of carbonyl (C=O) groups is 2. The second-order valence-electron chi connectivity index (χ2n) is 7.02. The Hall–Kier alpha value is -3.25. The van der Waals surface area contributed by atoms with Gasteiger partial charge < -0.3 is 10.0 Å². The third kappa shape index (κ3) is 3.91. The van der Waals surface area contributed by atoms with Gasteiger partial charge in [-0.05, 0) is 41.8 Å². The molecule has 2 heterocycles. The summed E-state index contributed by atoms with van der Waals surface area (Å²) >= 11 is 3.42. The fourth-order valence-corrected chi connectivity index (χ4v) is 3.93. The lowest BCUT2D eigenvalue weighted by Gasteiger charge is -2.25. The highest BCUT2D eigenvalue weighted by molar-refractivity contribution is 9.10. The van der Waals surface area contributed by atoms with Gasteiger partial charge in [0.2, 0.25) is 0 Å². The monoisotopic (exact) mass is 462 g/mol. The number of nitrogens with zero attached hydrogens (tertiary/aromatic N) is 2. The van der Waals surface area contributed by atoms with Crippen molar-refractivity contribution in [2.75, 3.05) is 6.54 Å². The molecule has 0 bridgehead atoms. The van der Waals surface area contributed by atoms with Crippen LogP contribution in [0, 0.1) is 0 Å². The van der Waals surface area contributed by atoms with Gasteiger partial charge in [-0.3, -0.25) is 14.6 Å². The van der Waals surface area contributed by atoms with Crippen molar-refractivity contribution in [1.82, 2.24) is 9.88 Å². The van der Waals surface area contributed by atoms with E-state index in [1.54, 1.807) is 17.0 Å². The molecule has 0 aliphatic carbocycles. The van der Waals surface area contributed by atoms with Crippen molar-refractivity contribution in [2.45, 2.75) is 12.5 Å². The number of benzene rings is 2. The van der Waals surface area contributed by atoms with Gasteiger partial charge in [0.1, 0.15) is 5.76 Å². The highest BCUT2D eigenvalue weighted by Gasteiger charge is 2.45. The number of amides is 1. The van der Waals surface area contributed by atoms with Crippen LogP contribution >= 0.6 is 15.9 Å². The molecule has 0 spiro atoms. The number of ketones is 1. The van der Waals surface area contributed by atoms with Gasteiger partial charge in [-0.1, -0.05) is 58.4 Å². The second kappa shape index (κ2) is 8.63. The molecule has 5 nitrogen and oxygen atoms in total. The van der Waals surface area contributed by atoms with Gasteiger partial charge in [-0.25, -0.2) is 0 Å². The fraction of sp³-hybridized carbons (Fsp3) is 0.125. The van der Waals surface area contributed by atoms with Gasteiger partial charge in [-0.2, -0.15) is 0 Å². The van der Waals surface area contributed by atoms with Gasteiger partial charge in [0, 0.05) is 29.0 Å². The number of likely N-dealkylation sites (tertiary alicyclic amines) is 1. The molecule has 1 aliphatic rings. The number of carbonyl (C=O) groups excluding carboxylic acids is 2. The van der Waals surface area contributed by atoms with Crippen molar-refractivity contribution in [3.63, 3.8) is 0 Å². The Balaban J connectivity index is 1.78. The van der Waals surface area contributed by atoms with E-state index in [2.05, 4.69) is 20.9 Å². The molecule has 1 aromatic heterocycles. The number of hydrogen-bond donors (Lipinski definition) is 1. The largest absolute Gasteiger partial charge is 0.507 e.